The number of benzene rings is 2. The highest BCUT2D eigenvalue weighted by Crippen LogP contribution is 2.51. The zero-order valence-electron chi connectivity index (χ0n) is 37.6. The summed E-state index contributed by atoms with van der Waals surface area (Å²) in [6, 6.07) is 8.45. The molecule has 0 saturated heterocycles. The van der Waals surface area contributed by atoms with Crippen LogP contribution in [0.2, 0.25) is 0 Å². The summed E-state index contributed by atoms with van der Waals surface area (Å²) in [6.07, 6.45) is 35.7. The molecule has 57 heavy (non-hydrogen) atoms. The number of ether oxygens (including phenoxy) is 1. The minimum Gasteiger partial charge on any atom is -0.462 e. The number of hydrogen-bond acceptors (Lipinski definition) is 5. The molecule has 322 valence electrons. The molecule has 0 aromatic heterocycles. The van der Waals surface area contributed by atoms with Crippen LogP contribution in [-0.4, -0.2) is 22.7 Å². The first-order chi connectivity index (χ1) is 27.5. The summed E-state index contributed by atoms with van der Waals surface area (Å²) in [5, 5.41) is 0. The van der Waals surface area contributed by atoms with E-state index in [0.29, 0.717) is 17.9 Å². The van der Waals surface area contributed by atoms with Crippen LogP contribution in [0.3, 0.4) is 0 Å². The number of nitrogens with zero attached hydrogens (tertiary/aromatic N) is 1. The Morgan fingerprint density at radius 1 is 0.684 bits per heavy atom. The van der Waals surface area contributed by atoms with Crippen LogP contribution in [0.15, 0.2) is 29.3 Å². The second-order valence-electron chi connectivity index (χ2n) is 18.4. The summed E-state index contributed by atoms with van der Waals surface area (Å²) in [7, 11) is 0. The molecule has 0 spiro atoms. The highest BCUT2D eigenvalue weighted by molar-refractivity contribution is 14.1. The van der Waals surface area contributed by atoms with E-state index in [1.54, 1.807) is 0 Å². The first-order valence-corrected chi connectivity index (χ1v) is 25.2. The molecule has 1 aliphatic rings. The Kier molecular flexibility index (Phi) is 23.2. The van der Waals surface area contributed by atoms with Gasteiger partial charge in [0.25, 0.3) is 0 Å². The maximum absolute atomic E-state index is 13.7. The normalized spacial score (nSPS) is 13.6. The average Bonchev–Trinajstić information content (AvgIpc) is 3.43. The van der Waals surface area contributed by atoms with Crippen LogP contribution in [0.5, 0.6) is 0 Å². The fourth-order valence-corrected chi connectivity index (χ4v) is 9.71. The number of alkyl halides is 1. The van der Waals surface area contributed by atoms with E-state index in [4.69, 9.17) is 21.2 Å². The number of rotatable bonds is 32. The maximum Gasteiger partial charge on any atom is 0.340 e. The van der Waals surface area contributed by atoms with Crippen molar-refractivity contribution in [1.29, 1.82) is 0 Å². The summed E-state index contributed by atoms with van der Waals surface area (Å²) >= 11 is 2.49. The molecule has 0 unspecified atom stereocenters. The van der Waals surface area contributed by atoms with Gasteiger partial charge in [-0.3, -0.25) is 4.99 Å². The minimum absolute atomic E-state index is 0.302. The Bertz CT molecular complexity index is 1500. The lowest BCUT2D eigenvalue weighted by Crippen LogP contribution is -2.33. The number of esters is 1. The molecule has 2 aromatic carbocycles. The second-order valence-corrected chi connectivity index (χ2v) is 19.5. The molecular weight excluding hydrogens is 813 g/mol. The van der Waals surface area contributed by atoms with Gasteiger partial charge in [0.05, 0.1) is 23.6 Å². The average molecular weight is 898 g/mol. The zero-order valence-corrected chi connectivity index (χ0v) is 39.8. The SMILES string of the molecule is CCCCCCCCCCCCc1ccc(C2=Nc3cc(N)c(C(=O)OCC)c(C(C)(C)CCCCCCCCCCCCCCCCCI)c3C2(C)C)c(N)c1. The smallest absolute Gasteiger partial charge is 0.340 e. The Balaban J connectivity index is 1.59. The van der Waals surface area contributed by atoms with Gasteiger partial charge in [-0.25, -0.2) is 4.79 Å². The van der Waals surface area contributed by atoms with Crippen molar-refractivity contribution in [2.75, 3.05) is 22.5 Å². The van der Waals surface area contributed by atoms with Crippen molar-refractivity contribution in [3.63, 3.8) is 0 Å². The van der Waals surface area contributed by atoms with Gasteiger partial charge in [0.1, 0.15) is 0 Å². The van der Waals surface area contributed by atoms with Crippen molar-refractivity contribution in [2.45, 2.75) is 226 Å². The van der Waals surface area contributed by atoms with E-state index < -0.39 is 5.41 Å². The number of aliphatic imine (C=N–C) groups is 1. The third-order valence-corrected chi connectivity index (χ3v) is 13.3. The van der Waals surface area contributed by atoms with E-state index in [1.807, 2.05) is 13.0 Å². The van der Waals surface area contributed by atoms with E-state index in [9.17, 15) is 4.79 Å². The van der Waals surface area contributed by atoms with Crippen LogP contribution < -0.4 is 11.5 Å². The number of nitrogens with two attached hydrogens (primary N) is 2. The van der Waals surface area contributed by atoms with Crippen LogP contribution in [0.4, 0.5) is 17.1 Å². The second kappa shape index (κ2) is 26.9. The lowest BCUT2D eigenvalue weighted by molar-refractivity contribution is 0.0524. The molecule has 0 fully saturated rings. The number of halogens is 1. The van der Waals surface area contributed by atoms with Gasteiger partial charge < -0.3 is 16.2 Å². The molecule has 6 heteroatoms. The third kappa shape index (κ3) is 16.1. The third-order valence-electron chi connectivity index (χ3n) is 12.6. The lowest BCUT2D eigenvalue weighted by atomic mass is 9.67. The van der Waals surface area contributed by atoms with Gasteiger partial charge in [-0.15, -0.1) is 0 Å². The van der Waals surface area contributed by atoms with Crippen molar-refractivity contribution >= 4 is 51.3 Å². The van der Waals surface area contributed by atoms with Gasteiger partial charge in [-0.05, 0) is 71.3 Å². The first kappa shape index (κ1) is 49.3. The molecule has 2 aromatic rings. The number of aryl methyl sites for hydroxylation is 1. The van der Waals surface area contributed by atoms with Gasteiger partial charge in [0.2, 0.25) is 0 Å². The Morgan fingerprint density at radius 2 is 1.18 bits per heavy atom. The van der Waals surface area contributed by atoms with Crippen molar-refractivity contribution in [2.24, 2.45) is 4.99 Å². The van der Waals surface area contributed by atoms with Crippen LogP contribution in [-0.2, 0) is 22.0 Å². The predicted molar refractivity (Wildman–Crippen MR) is 258 cm³/mol. The Labute approximate surface area is 364 Å². The maximum atomic E-state index is 13.7. The number of anilines is 2. The van der Waals surface area contributed by atoms with Gasteiger partial charge in [-0.2, -0.15) is 0 Å². The molecule has 3 rings (SSSR count). The molecule has 0 radical (unpaired) electrons. The molecule has 0 bridgehead atoms. The number of nitrogen functional groups attached to an aromatic ring is 2. The van der Waals surface area contributed by atoms with Crippen molar-refractivity contribution in [3.8, 4) is 0 Å². The summed E-state index contributed by atoms with van der Waals surface area (Å²) < 4.78 is 6.96. The summed E-state index contributed by atoms with van der Waals surface area (Å²) in [5.41, 5.74) is 20.7. The molecule has 0 amide bonds. The van der Waals surface area contributed by atoms with Gasteiger partial charge in [0.15, 0.2) is 0 Å². The number of carbonyl (C=O) groups excluding carboxylic acids is 1. The van der Waals surface area contributed by atoms with Gasteiger partial charge in [0, 0.05) is 22.4 Å². The van der Waals surface area contributed by atoms with Crippen LogP contribution in [0, 0.1) is 0 Å². The number of carbonyl (C=O) groups is 1. The van der Waals surface area contributed by atoms with Gasteiger partial charge in [-0.1, -0.05) is 217 Å². The van der Waals surface area contributed by atoms with Crippen molar-refractivity contribution < 1.29 is 9.53 Å². The zero-order chi connectivity index (χ0) is 41.5. The molecule has 0 aliphatic carbocycles. The van der Waals surface area contributed by atoms with E-state index in [1.165, 1.54) is 164 Å². The molecule has 0 saturated carbocycles. The minimum atomic E-state index is -0.475. The van der Waals surface area contributed by atoms with Crippen LogP contribution in [0.25, 0.3) is 0 Å². The molecular formula is C51H84IN3O2. The topological polar surface area (TPSA) is 90.7 Å². The lowest BCUT2D eigenvalue weighted by Gasteiger charge is -2.35. The van der Waals surface area contributed by atoms with E-state index in [0.717, 1.165) is 53.0 Å². The largest absolute Gasteiger partial charge is 0.462 e. The summed E-state index contributed by atoms with van der Waals surface area (Å²) in [6.45, 7) is 13.5. The fourth-order valence-electron chi connectivity index (χ4n) is 9.17. The van der Waals surface area contributed by atoms with E-state index >= 15 is 0 Å². The number of hydrogen-bond donors (Lipinski definition) is 2. The van der Waals surface area contributed by atoms with Crippen LogP contribution >= 0.6 is 22.6 Å². The van der Waals surface area contributed by atoms with Crippen LogP contribution in [0.1, 0.15) is 241 Å². The van der Waals surface area contributed by atoms with E-state index in [-0.39, 0.29) is 11.4 Å². The molecule has 1 aliphatic heterocycles. The summed E-state index contributed by atoms with van der Waals surface area (Å²) in [4.78, 5) is 18.9. The van der Waals surface area contributed by atoms with E-state index in [2.05, 4.69) is 75.4 Å². The molecule has 0 atom stereocenters. The first-order valence-electron chi connectivity index (χ1n) is 23.7. The number of unbranched alkanes of at least 4 members (excludes halogenated alkanes) is 23. The molecule has 1 heterocycles. The Hall–Kier alpha value is -2.09. The summed E-state index contributed by atoms with van der Waals surface area (Å²) in [5.74, 6) is -0.340. The number of fused-ring (bicyclic) bond motifs is 1. The molecule has 5 nitrogen and oxygen atoms in total. The fraction of sp³-hybridized carbons (Fsp3) is 0.725. The highest BCUT2D eigenvalue weighted by Gasteiger charge is 2.44. The monoisotopic (exact) mass is 898 g/mol. The van der Waals surface area contributed by atoms with Crippen molar-refractivity contribution in [1.82, 2.24) is 0 Å². The van der Waals surface area contributed by atoms with Gasteiger partial charge >= 0.3 is 5.97 Å². The Morgan fingerprint density at radius 3 is 1.67 bits per heavy atom. The molecule has 4 N–H and O–H groups in total. The predicted octanol–water partition coefficient (Wildman–Crippen LogP) is 15.9. The quantitative estimate of drug-likeness (QED) is 0.0252. The highest BCUT2D eigenvalue weighted by atomic mass is 127. The van der Waals surface area contributed by atoms with Crippen molar-refractivity contribution in [3.05, 3.63) is 52.1 Å². The standard InChI is InChI=1S/C51H84IN3O2/c1-7-9-10-11-12-13-21-24-27-30-33-40-34-35-41(42(53)38-40)48-51(5,6)46-44(55-48)39-43(54)45(49(56)57-8-2)47(46)50(3,4)36-31-28-25-22-19-17-15-14-16-18-20-23-26-29-32-37-52/h34-35,38-39H,7-33,36-37,53-54H2,1-6H3.